The first-order chi connectivity index (χ1) is 8.85. The SMILES string of the molecule is CCNC(c1ccc(OC)nn1)C1CCCOC1. The fourth-order valence-corrected chi connectivity index (χ4v) is 2.37. The minimum atomic E-state index is 0.216. The van der Waals surface area contributed by atoms with Gasteiger partial charge in [-0.15, -0.1) is 5.10 Å². The zero-order valence-corrected chi connectivity index (χ0v) is 11.1. The molecule has 0 aliphatic carbocycles. The summed E-state index contributed by atoms with van der Waals surface area (Å²) >= 11 is 0. The number of methoxy groups -OCH3 is 1. The van der Waals surface area contributed by atoms with Gasteiger partial charge in [-0.3, -0.25) is 0 Å². The van der Waals surface area contributed by atoms with Gasteiger partial charge in [0.1, 0.15) is 0 Å². The van der Waals surface area contributed by atoms with Crippen LogP contribution in [0.2, 0.25) is 0 Å². The normalized spacial score (nSPS) is 21.6. The van der Waals surface area contributed by atoms with E-state index in [1.165, 1.54) is 6.42 Å². The minimum absolute atomic E-state index is 0.216. The summed E-state index contributed by atoms with van der Waals surface area (Å²) in [5.74, 6) is 1.02. The average molecular weight is 251 g/mol. The van der Waals surface area contributed by atoms with Crippen LogP contribution in [-0.4, -0.2) is 37.1 Å². The Labute approximate surface area is 108 Å². The number of hydrogen-bond donors (Lipinski definition) is 1. The summed E-state index contributed by atoms with van der Waals surface area (Å²) in [4.78, 5) is 0. The summed E-state index contributed by atoms with van der Waals surface area (Å²) in [5.41, 5.74) is 0.966. The number of nitrogens with one attached hydrogen (secondary N) is 1. The van der Waals surface area contributed by atoms with Gasteiger partial charge < -0.3 is 14.8 Å². The van der Waals surface area contributed by atoms with Crippen molar-refractivity contribution < 1.29 is 9.47 Å². The molecular weight excluding hydrogens is 230 g/mol. The molecule has 1 saturated heterocycles. The molecular formula is C13H21N3O2. The third-order valence-electron chi connectivity index (χ3n) is 3.28. The molecule has 100 valence electrons. The lowest BCUT2D eigenvalue weighted by molar-refractivity contribution is 0.0385. The Bertz CT molecular complexity index is 350. The summed E-state index contributed by atoms with van der Waals surface area (Å²) in [5, 5.41) is 11.8. The second-order valence-electron chi connectivity index (χ2n) is 4.51. The molecule has 1 aromatic rings. The van der Waals surface area contributed by atoms with Gasteiger partial charge in [0.15, 0.2) is 0 Å². The fourth-order valence-electron chi connectivity index (χ4n) is 2.37. The Kier molecular flexibility index (Phi) is 4.90. The molecule has 2 atom stereocenters. The van der Waals surface area contributed by atoms with Crippen molar-refractivity contribution in [2.45, 2.75) is 25.8 Å². The summed E-state index contributed by atoms with van der Waals surface area (Å²) in [6.45, 7) is 4.69. The predicted octanol–water partition coefficient (Wildman–Crippen LogP) is 1.56. The molecule has 0 amide bonds. The Balaban J connectivity index is 2.11. The van der Waals surface area contributed by atoms with E-state index in [4.69, 9.17) is 9.47 Å². The van der Waals surface area contributed by atoms with Gasteiger partial charge >= 0.3 is 0 Å². The first-order valence-electron chi connectivity index (χ1n) is 6.54. The van der Waals surface area contributed by atoms with Crippen LogP contribution in [0.5, 0.6) is 5.88 Å². The summed E-state index contributed by atoms with van der Waals surface area (Å²) in [6, 6.07) is 4.05. The van der Waals surface area contributed by atoms with Crippen LogP contribution in [-0.2, 0) is 4.74 Å². The van der Waals surface area contributed by atoms with Crippen LogP contribution >= 0.6 is 0 Å². The molecule has 0 spiro atoms. The molecule has 1 aliphatic rings. The lowest BCUT2D eigenvalue weighted by atomic mass is 9.91. The average Bonchev–Trinajstić information content (AvgIpc) is 2.46. The summed E-state index contributed by atoms with van der Waals surface area (Å²) < 4.78 is 10.6. The molecule has 1 fully saturated rings. The van der Waals surface area contributed by atoms with E-state index in [1.807, 2.05) is 12.1 Å². The molecule has 2 heterocycles. The molecule has 2 unspecified atom stereocenters. The molecule has 18 heavy (non-hydrogen) atoms. The van der Waals surface area contributed by atoms with Gasteiger partial charge in [-0.25, -0.2) is 0 Å². The van der Waals surface area contributed by atoms with Crippen molar-refractivity contribution in [3.8, 4) is 5.88 Å². The molecule has 5 nitrogen and oxygen atoms in total. The second-order valence-corrected chi connectivity index (χ2v) is 4.51. The Morgan fingerprint density at radius 3 is 2.94 bits per heavy atom. The first-order valence-corrected chi connectivity index (χ1v) is 6.54. The lowest BCUT2D eigenvalue weighted by Crippen LogP contribution is -2.34. The molecule has 1 aliphatic heterocycles. The predicted molar refractivity (Wildman–Crippen MR) is 68.5 cm³/mol. The van der Waals surface area contributed by atoms with E-state index in [9.17, 15) is 0 Å². The molecule has 0 saturated carbocycles. The van der Waals surface area contributed by atoms with Crippen molar-refractivity contribution in [1.29, 1.82) is 0 Å². The zero-order valence-electron chi connectivity index (χ0n) is 11.1. The fraction of sp³-hybridized carbons (Fsp3) is 0.692. The van der Waals surface area contributed by atoms with Crippen molar-refractivity contribution in [2.75, 3.05) is 26.9 Å². The van der Waals surface area contributed by atoms with Crippen molar-refractivity contribution in [1.82, 2.24) is 15.5 Å². The smallest absolute Gasteiger partial charge is 0.233 e. The highest BCUT2D eigenvalue weighted by Crippen LogP contribution is 2.27. The van der Waals surface area contributed by atoms with Crippen LogP contribution in [0, 0.1) is 5.92 Å². The number of ether oxygens (including phenoxy) is 2. The van der Waals surface area contributed by atoms with E-state index in [-0.39, 0.29) is 6.04 Å². The maximum absolute atomic E-state index is 5.56. The van der Waals surface area contributed by atoms with Crippen molar-refractivity contribution in [2.24, 2.45) is 5.92 Å². The number of aromatic nitrogens is 2. The van der Waals surface area contributed by atoms with E-state index >= 15 is 0 Å². The second kappa shape index (κ2) is 6.66. The van der Waals surface area contributed by atoms with Crippen LogP contribution in [0.15, 0.2) is 12.1 Å². The quantitative estimate of drug-likeness (QED) is 0.860. The Hall–Kier alpha value is -1.20. The maximum atomic E-state index is 5.56. The van der Waals surface area contributed by atoms with Gasteiger partial charge in [0.2, 0.25) is 5.88 Å². The van der Waals surface area contributed by atoms with Crippen molar-refractivity contribution in [3.63, 3.8) is 0 Å². The van der Waals surface area contributed by atoms with Gasteiger partial charge in [-0.05, 0) is 25.5 Å². The monoisotopic (exact) mass is 251 g/mol. The maximum Gasteiger partial charge on any atom is 0.233 e. The van der Waals surface area contributed by atoms with Crippen molar-refractivity contribution >= 4 is 0 Å². The molecule has 0 aromatic carbocycles. The largest absolute Gasteiger partial charge is 0.480 e. The molecule has 0 bridgehead atoms. The first kappa shape index (κ1) is 13.2. The van der Waals surface area contributed by atoms with E-state index < -0.39 is 0 Å². The molecule has 2 rings (SSSR count). The van der Waals surface area contributed by atoms with Crippen LogP contribution < -0.4 is 10.1 Å². The highest BCUT2D eigenvalue weighted by atomic mass is 16.5. The van der Waals surface area contributed by atoms with Gasteiger partial charge in [-0.1, -0.05) is 6.92 Å². The standard InChI is InChI=1S/C13H21N3O2/c1-3-14-13(10-5-4-8-18-9-10)11-6-7-12(17-2)16-15-11/h6-7,10,13-14H,3-5,8-9H2,1-2H3. The zero-order chi connectivity index (χ0) is 12.8. The Morgan fingerprint density at radius 1 is 1.50 bits per heavy atom. The lowest BCUT2D eigenvalue weighted by Gasteiger charge is -2.30. The van der Waals surface area contributed by atoms with Crippen molar-refractivity contribution in [3.05, 3.63) is 17.8 Å². The molecule has 5 heteroatoms. The molecule has 1 N–H and O–H groups in total. The van der Waals surface area contributed by atoms with Gasteiger partial charge in [0.25, 0.3) is 0 Å². The third kappa shape index (κ3) is 3.17. The summed E-state index contributed by atoms with van der Waals surface area (Å²) in [6.07, 6.45) is 2.29. The highest BCUT2D eigenvalue weighted by Gasteiger charge is 2.26. The number of rotatable bonds is 5. The number of nitrogens with zero attached hydrogens (tertiary/aromatic N) is 2. The van der Waals surface area contributed by atoms with Gasteiger partial charge in [-0.2, -0.15) is 5.10 Å². The third-order valence-corrected chi connectivity index (χ3v) is 3.28. The van der Waals surface area contributed by atoms with E-state index in [1.54, 1.807) is 7.11 Å². The van der Waals surface area contributed by atoms with Crippen LogP contribution in [0.25, 0.3) is 0 Å². The van der Waals surface area contributed by atoms with Crippen LogP contribution in [0.1, 0.15) is 31.5 Å². The van der Waals surface area contributed by atoms with Gasteiger partial charge in [0.05, 0.1) is 25.5 Å². The summed E-state index contributed by atoms with van der Waals surface area (Å²) in [7, 11) is 1.60. The number of hydrogen-bond acceptors (Lipinski definition) is 5. The molecule has 1 aromatic heterocycles. The van der Waals surface area contributed by atoms with Gasteiger partial charge in [0, 0.05) is 18.6 Å². The van der Waals surface area contributed by atoms with E-state index in [0.29, 0.717) is 11.8 Å². The van der Waals surface area contributed by atoms with Crippen LogP contribution in [0.3, 0.4) is 0 Å². The van der Waals surface area contributed by atoms with E-state index in [2.05, 4.69) is 22.4 Å². The van der Waals surface area contributed by atoms with Crippen LogP contribution in [0.4, 0.5) is 0 Å². The minimum Gasteiger partial charge on any atom is -0.480 e. The Morgan fingerprint density at radius 2 is 2.39 bits per heavy atom. The molecule has 0 radical (unpaired) electrons. The van der Waals surface area contributed by atoms with E-state index in [0.717, 1.165) is 31.9 Å². The highest BCUT2D eigenvalue weighted by molar-refractivity contribution is 5.15. The topological polar surface area (TPSA) is 56.3 Å².